The maximum Gasteiger partial charge on any atom is 0.309 e. The van der Waals surface area contributed by atoms with Crippen LogP contribution in [0.15, 0.2) is 17.0 Å². The van der Waals surface area contributed by atoms with Crippen molar-refractivity contribution in [3.05, 3.63) is 23.3 Å². The summed E-state index contributed by atoms with van der Waals surface area (Å²) >= 11 is 0. The third kappa shape index (κ3) is 2.38. The van der Waals surface area contributed by atoms with Crippen molar-refractivity contribution in [2.24, 2.45) is 5.92 Å². The van der Waals surface area contributed by atoms with Gasteiger partial charge in [-0.2, -0.15) is 4.31 Å². The molecule has 0 spiro atoms. The lowest BCUT2D eigenvalue weighted by Crippen LogP contribution is -2.53. The number of nitrogens with zero attached hydrogens (tertiary/aromatic N) is 1. The Kier molecular flexibility index (Phi) is 3.75. The van der Waals surface area contributed by atoms with Crippen molar-refractivity contribution in [1.29, 1.82) is 0 Å². The zero-order chi connectivity index (χ0) is 15.1. The van der Waals surface area contributed by atoms with Crippen molar-refractivity contribution >= 4 is 16.0 Å². The van der Waals surface area contributed by atoms with Crippen molar-refractivity contribution < 1.29 is 23.1 Å². The van der Waals surface area contributed by atoms with Crippen LogP contribution >= 0.6 is 0 Å². The number of rotatable bonds is 4. The van der Waals surface area contributed by atoms with E-state index in [1.165, 1.54) is 11.4 Å². The van der Waals surface area contributed by atoms with Crippen LogP contribution in [0.4, 0.5) is 0 Å². The van der Waals surface area contributed by atoms with Gasteiger partial charge in [0.15, 0.2) is 0 Å². The maximum absolute atomic E-state index is 12.5. The average Bonchev–Trinajstić information content (AvgIpc) is 2.23. The Labute approximate surface area is 118 Å². The number of carbonyl (C=O) groups is 1. The summed E-state index contributed by atoms with van der Waals surface area (Å²) in [5.41, 5.74) is 1.20. The molecule has 7 heteroatoms. The second kappa shape index (κ2) is 5.06. The van der Waals surface area contributed by atoms with E-state index in [1.807, 2.05) is 0 Å². The van der Waals surface area contributed by atoms with Gasteiger partial charge in [0.05, 0.1) is 17.9 Å². The van der Waals surface area contributed by atoms with Gasteiger partial charge in [-0.25, -0.2) is 8.42 Å². The van der Waals surface area contributed by atoms with Crippen molar-refractivity contribution in [3.63, 3.8) is 0 Å². The van der Waals surface area contributed by atoms with Gasteiger partial charge >= 0.3 is 5.97 Å². The monoisotopic (exact) mass is 299 g/mol. The second-order valence-corrected chi connectivity index (χ2v) is 6.82. The number of aryl methyl sites for hydroxylation is 2. The molecule has 2 rings (SSSR count). The first kappa shape index (κ1) is 14.8. The van der Waals surface area contributed by atoms with Crippen LogP contribution in [0, 0.1) is 19.8 Å². The van der Waals surface area contributed by atoms with Crippen LogP contribution in [-0.2, 0) is 14.8 Å². The second-order valence-electron chi connectivity index (χ2n) is 4.95. The molecule has 1 aliphatic heterocycles. The number of methoxy groups -OCH3 is 1. The first-order valence-electron chi connectivity index (χ1n) is 6.15. The Hall–Kier alpha value is -1.60. The smallest absolute Gasteiger partial charge is 0.309 e. The highest BCUT2D eigenvalue weighted by Crippen LogP contribution is 2.31. The van der Waals surface area contributed by atoms with E-state index >= 15 is 0 Å². The third-order valence-electron chi connectivity index (χ3n) is 3.46. The van der Waals surface area contributed by atoms with Crippen LogP contribution in [0.25, 0.3) is 0 Å². The molecule has 1 heterocycles. The molecule has 1 aromatic carbocycles. The van der Waals surface area contributed by atoms with Gasteiger partial charge in [0.2, 0.25) is 10.0 Å². The molecule has 0 aromatic heterocycles. The molecule has 6 nitrogen and oxygen atoms in total. The van der Waals surface area contributed by atoms with Crippen LogP contribution in [-0.4, -0.2) is 44.0 Å². The summed E-state index contributed by atoms with van der Waals surface area (Å²) < 4.78 is 31.3. The minimum atomic E-state index is -3.64. The van der Waals surface area contributed by atoms with Gasteiger partial charge < -0.3 is 9.84 Å². The van der Waals surface area contributed by atoms with Crippen LogP contribution in [0.3, 0.4) is 0 Å². The van der Waals surface area contributed by atoms with E-state index in [0.717, 1.165) is 0 Å². The predicted molar refractivity (Wildman–Crippen MR) is 72.4 cm³/mol. The molecule has 0 atom stereocenters. The molecule has 0 amide bonds. The van der Waals surface area contributed by atoms with Gasteiger partial charge in [0.25, 0.3) is 0 Å². The highest BCUT2D eigenvalue weighted by molar-refractivity contribution is 7.89. The molecule has 0 unspecified atom stereocenters. The molecule has 1 saturated heterocycles. The van der Waals surface area contributed by atoms with Gasteiger partial charge in [-0.3, -0.25) is 4.79 Å². The number of carboxylic acids is 1. The van der Waals surface area contributed by atoms with Crippen molar-refractivity contribution in [2.45, 2.75) is 18.7 Å². The van der Waals surface area contributed by atoms with Crippen molar-refractivity contribution in [1.82, 2.24) is 4.31 Å². The molecule has 0 radical (unpaired) electrons. The highest BCUT2D eigenvalue weighted by atomic mass is 32.2. The number of aliphatic carboxylic acids is 1. The van der Waals surface area contributed by atoms with Gasteiger partial charge in [-0.15, -0.1) is 0 Å². The zero-order valence-electron chi connectivity index (χ0n) is 11.6. The zero-order valence-corrected chi connectivity index (χ0v) is 12.4. The fourth-order valence-electron chi connectivity index (χ4n) is 2.35. The van der Waals surface area contributed by atoms with Gasteiger partial charge in [0.1, 0.15) is 5.75 Å². The summed E-state index contributed by atoms with van der Waals surface area (Å²) in [6, 6.07) is 3.32. The standard InChI is InChI=1S/C13H17NO5S/c1-8-4-11(19-3)5-9(2)12(8)20(17,18)14-6-10(7-14)13(15)16/h4-5,10H,6-7H2,1-3H3,(H,15,16). The lowest BCUT2D eigenvalue weighted by molar-refractivity contribution is -0.145. The highest BCUT2D eigenvalue weighted by Gasteiger charge is 2.41. The molecule has 1 aromatic rings. The molecule has 110 valence electrons. The topological polar surface area (TPSA) is 83.9 Å². The first-order valence-corrected chi connectivity index (χ1v) is 7.59. The minimum absolute atomic E-state index is 0.0303. The molecule has 0 saturated carbocycles. The summed E-state index contributed by atoms with van der Waals surface area (Å²) in [6.45, 7) is 3.47. The predicted octanol–water partition coefficient (Wildman–Crippen LogP) is 1.02. The van der Waals surface area contributed by atoms with Crippen molar-refractivity contribution in [3.8, 4) is 5.75 Å². The van der Waals surface area contributed by atoms with E-state index in [2.05, 4.69) is 0 Å². The molecular weight excluding hydrogens is 282 g/mol. The number of hydrogen-bond acceptors (Lipinski definition) is 4. The van der Waals surface area contributed by atoms with Crippen LogP contribution in [0.1, 0.15) is 11.1 Å². The average molecular weight is 299 g/mol. The van der Waals surface area contributed by atoms with E-state index in [0.29, 0.717) is 16.9 Å². The van der Waals surface area contributed by atoms with Gasteiger partial charge in [0, 0.05) is 13.1 Å². The number of ether oxygens (including phenoxy) is 1. The van der Waals surface area contributed by atoms with E-state index in [1.54, 1.807) is 26.0 Å². The Morgan fingerprint density at radius 1 is 1.30 bits per heavy atom. The molecule has 20 heavy (non-hydrogen) atoms. The lowest BCUT2D eigenvalue weighted by Gasteiger charge is -2.36. The molecular formula is C13H17NO5S. The quantitative estimate of drug-likeness (QED) is 0.897. The van der Waals surface area contributed by atoms with Crippen LogP contribution in [0.5, 0.6) is 5.75 Å². The van der Waals surface area contributed by atoms with Gasteiger partial charge in [-0.05, 0) is 37.1 Å². The fourth-order valence-corrected chi connectivity index (χ4v) is 4.30. The van der Waals surface area contributed by atoms with E-state index in [4.69, 9.17) is 9.84 Å². The van der Waals surface area contributed by atoms with Crippen LogP contribution < -0.4 is 4.74 Å². The summed E-state index contributed by atoms with van der Waals surface area (Å²) in [4.78, 5) is 11.0. The summed E-state index contributed by atoms with van der Waals surface area (Å²) in [7, 11) is -2.12. The third-order valence-corrected chi connectivity index (χ3v) is 5.60. The van der Waals surface area contributed by atoms with Gasteiger partial charge in [-0.1, -0.05) is 0 Å². The van der Waals surface area contributed by atoms with E-state index in [9.17, 15) is 13.2 Å². The number of carboxylic acid groups (broad SMARTS) is 1. The summed E-state index contributed by atoms with van der Waals surface area (Å²) in [5.74, 6) is -0.964. The van der Waals surface area contributed by atoms with Crippen molar-refractivity contribution in [2.75, 3.05) is 20.2 Å². The molecule has 1 fully saturated rings. The summed E-state index contributed by atoms with van der Waals surface area (Å²) in [5, 5.41) is 8.83. The Balaban J connectivity index is 2.34. The fraction of sp³-hybridized carbons (Fsp3) is 0.462. The number of benzene rings is 1. The number of hydrogen-bond donors (Lipinski definition) is 1. The molecule has 0 aliphatic carbocycles. The molecule has 1 N–H and O–H groups in total. The number of sulfonamides is 1. The first-order chi connectivity index (χ1) is 9.27. The molecule has 1 aliphatic rings. The SMILES string of the molecule is COc1cc(C)c(S(=O)(=O)N2CC(C(=O)O)C2)c(C)c1. The lowest BCUT2D eigenvalue weighted by atomic mass is 10.0. The maximum atomic E-state index is 12.5. The van der Waals surface area contributed by atoms with E-state index in [-0.39, 0.29) is 18.0 Å². The van der Waals surface area contributed by atoms with E-state index < -0.39 is 21.9 Å². The Bertz CT molecular complexity index is 624. The minimum Gasteiger partial charge on any atom is -0.497 e. The largest absolute Gasteiger partial charge is 0.497 e. The van der Waals surface area contributed by atoms with Crippen LogP contribution in [0.2, 0.25) is 0 Å². The Morgan fingerprint density at radius 2 is 1.80 bits per heavy atom. The normalized spacial score (nSPS) is 16.8. The Morgan fingerprint density at radius 3 is 2.20 bits per heavy atom. The summed E-state index contributed by atoms with van der Waals surface area (Å²) in [6.07, 6.45) is 0. The molecule has 0 bridgehead atoms.